The van der Waals surface area contributed by atoms with Crippen LogP contribution in [-0.4, -0.2) is 33.2 Å². The molecule has 1 atom stereocenters. The van der Waals surface area contributed by atoms with Gasteiger partial charge in [0.05, 0.1) is 23.9 Å². The molecule has 2 amide bonds. The van der Waals surface area contributed by atoms with Crippen LogP contribution in [0.2, 0.25) is 0 Å². The van der Waals surface area contributed by atoms with Crippen LogP contribution in [0.15, 0.2) is 29.8 Å². The molecule has 0 aromatic carbocycles. The number of rotatable bonds is 5. The zero-order valence-electron chi connectivity index (χ0n) is 13.7. The predicted molar refractivity (Wildman–Crippen MR) is 92.6 cm³/mol. The number of anilines is 1. The topological polar surface area (TPSA) is 75.2 Å². The second-order valence-corrected chi connectivity index (χ2v) is 7.08. The average Bonchev–Trinajstić information content (AvgIpc) is 3.16. The highest BCUT2D eigenvalue weighted by Gasteiger charge is 2.34. The SMILES string of the molecule is CC(C)c1csc(NC(=O)[C@H]2CC(=O)N(Cc3ccccn3)C2)n1. The first-order valence-corrected chi connectivity index (χ1v) is 8.85. The van der Waals surface area contributed by atoms with Crippen LogP contribution in [0.5, 0.6) is 0 Å². The summed E-state index contributed by atoms with van der Waals surface area (Å²) in [6.45, 7) is 4.99. The zero-order valence-corrected chi connectivity index (χ0v) is 14.5. The maximum absolute atomic E-state index is 12.4. The number of nitrogens with one attached hydrogen (secondary N) is 1. The van der Waals surface area contributed by atoms with Crippen molar-refractivity contribution in [3.63, 3.8) is 0 Å². The van der Waals surface area contributed by atoms with E-state index in [9.17, 15) is 9.59 Å². The summed E-state index contributed by atoms with van der Waals surface area (Å²) < 4.78 is 0. The number of thiazole rings is 1. The molecule has 0 spiro atoms. The summed E-state index contributed by atoms with van der Waals surface area (Å²) >= 11 is 1.42. The lowest BCUT2D eigenvalue weighted by Gasteiger charge is -2.15. The number of carbonyl (C=O) groups is 2. The normalized spacial score (nSPS) is 17.5. The number of hydrogen-bond donors (Lipinski definition) is 1. The van der Waals surface area contributed by atoms with Gasteiger partial charge in [-0.2, -0.15) is 0 Å². The van der Waals surface area contributed by atoms with Crippen LogP contribution >= 0.6 is 11.3 Å². The maximum Gasteiger partial charge on any atom is 0.231 e. The Balaban J connectivity index is 1.59. The van der Waals surface area contributed by atoms with Gasteiger partial charge in [0, 0.05) is 24.5 Å². The fraction of sp³-hybridized carbons (Fsp3) is 0.412. The largest absolute Gasteiger partial charge is 0.336 e. The highest BCUT2D eigenvalue weighted by atomic mass is 32.1. The van der Waals surface area contributed by atoms with E-state index in [0.29, 0.717) is 24.1 Å². The number of likely N-dealkylation sites (tertiary alicyclic amines) is 1. The number of aromatic nitrogens is 2. The van der Waals surface area contributed by atoms with E-state index in [0.717, 1.165) is 11.4 Å². The Labute approximate surface area is 144 Å². The average molecular weight is 344 g/mol. The first-order valence-electron chi connectivity index (χ1n) is 7.97. The molecule has 0 aliphatic carbocycles. The van der Waals surface area contributed by atoms with Crippen molar-refractivity contribution >= 4 is 28.3 Å². The molecule has 0 bridgehead atoms. The number of hydrogen-bond acceptors (Lipinski definition) is 5. The molecule has 0 unspecified atom stereocenters. The third-order valence-electron chi connectivity index (χ3n) is 4.01. The van der Waals surface area contributed by atoms with Gasteiger partial charge in [-0.05, 0) is 18.1 Å². The molecule has 1 fully saturated rings. The van der Waals surface area contributed by atoms with Crippen molar-refractivity contribution in [3.8, 4) is 0 Å². The quantitative estimate of drug-likeness (QED) is 0.905. The van der Waals surface area contributed by atoms with Crippen LogP contribution in [0.1, 0.15) is 37.6 Å². The molecule has 2 aromatic rings. The van der Waals surface area contributed by atoms with Crippen molar-refractivity contribution in [3.05, 3.63) is 41.2 Å². The minimum absolute atomic E-state index is 0.0113. The second-order valence-electron chi connectivity index (χ2n) is 6.22. The van der Waals surface area contributed by atoms with E-state index in [1.54, 1.807) is 11.1 Å². The molecule has 7 heteroatoms. The molecule has 6 nitrogen and oxygen atoms in total. The predicted octanol–water partition coefficient (Wildman–Crippen LogP) is 2.65. The van der Waals surface area contributed by atoms with Gasteiger partial charge in [-0.3, -0.25) is 14.6 Å². The van der Waals surface area contributed by atoms with Crippen LogP contribution in [0.3, 0.4) is 0 Å². The molecule has 24 heavy (non-hydrogen) atoms. The standard InChI is InChI=1S/C17H20N4O2S/c1-11(2)14-10-24-17(19-14)20-16(23)12-7-15(22)21(8-12)9-13-5-3-4-6-18-13/h3-6,10-12H,7-9H2,1-2H3,(H,19,20,23)/t12-/m0/s1. The summed E-state index contributed by atoms with van der Waals surface area (Å²) in [6.07, 6.45) is 1.94. The van der Waals surface area contributed by atoms with Crippen molar-refractivity contribution < 1.29 is 9.59 Å². The number of carbonyl (C=O) groups excluding carboxylic acids is 2. The number of nitrogens with zero attached hydrogens (tertiary/aromatic N) is 3. The maximum atomic E-state index is 12.4. The molecule has 2 aromatic heterocycles. The van der Waals surface area contributed by atoms with Crippen molar-refractivity contribution in [2.75, 3.05) is 11.9 Å². The molecule has 1 N–H and O–H groups in total. The highest BCUT2D eigenvalue weighted by Crippen LogP contribution is 2.24. The Kier molecular flexibility index (Phi) is 4.89. The van der Waals surface area contributed by atoms with E-state index in [-0.39, 0.29) is 24.2 Å². The fourth-order valence-electron chi connectivity index (χ4n) is 2.60. The lowest BCUT2D eigenvalue weighted by molar-refractivity contribution is -0.128. The number of pyridine rings is 1. The first-order chi connectivity index (χ1) is 11.5. The molecule has 0 saturated carbocycles. The second kappa shape index (κ2) is 7.09. The molecule has 126 valence electrons. The van der Waals surface area contributed by atoms with Gasteiger partial charge in [-0.25, -0.2) is 4.98 Å². The number of amides is 2. The summed E-state index contributed by atoms with van der Waals surface area (Å²) in [5.74, 6) is -0.166. The van der Waals surface area contributed by atoms with Crippen LogP contribution in [0.25, 0.3) is 0 Å². The highest BCUT2D eigenvalue weighted by molar-refractivity contribution is 7.13. The van der Waals surface area contributed by atoms with Crippen LogP contribution < -0.4 is 5.32 Å². The van der Waals surface area contributed by atoms with Gasteiger partial charge in [0.25, 0.3) is 0 Å². The van der Waals surface area contributed by atoms with Crippen LogP contribution in [0, 0.1) is 5.92 Å². The van der Waals surface area contributed by atoms with Crippen molar-refractivity contribution in [1.29, 1.82) is 0 Å². The third-order valence-corrected chi connectivity index (χ3v) is 4.78. The smallest absolute Gasteiger partial charge is 0.231 e. The van der Waals surface area contributed by atoms with Gasteiger partial charge in [0.15, 0.2) is 5.13 Å². The summed E-state index contributed by atoms with van der Waals surface area (Å²) in [5, 5.41) is 5.39. The lowest BCUT2D eigenvalue weighted by atomic mass is 10.1. The van der Waals surface area contributed by atoms with E-state index < -0.39 is 0 Å². The fourth-order valence-corrected chi connectivity index (χ4v) is 3.48. The van der Waals surface area contributed by atoms with E-state index >= 15 is 0 Å². The summed E-state index contributed by atoms with van der Waals surface area (Å²) in [5.41, 5.74) is 1.79. The summed E-state index contributed by atoms with van der Waals surface area (Å²) in [7, 11) is 0. The first kappa shape index (κ1) is 16.6. The Morgan fingerprint density at radius 2 is 2.29 bits per heavy atom. The Morgan fingerprint density at radius 3 is 2.96 bits per heavy atom. The monoisotopic (exact) mass is 344 g/mol. The van der Waals surface area contributed by atoms with Crippen molar-refractivity contribution in [2.45, 2.75) is 32.7 Å². The Morgan fingerprint density at radius 1 is 1.46 bits per heavy atom. The van der Waals surface area contributed by atoms with E-state index in [2.05, 4.69) is 29.1 Å². The van der Waals surface area contributed by atoms with Gasteiger partial charge in [0.2, 0.25) is 11.8 Å². The van der Waals surface area contributed by atoms with Gasteiger partial charge in [0.1, 0.15) is 0 Å². The molecular weight excluding hydrogens is 324 g/mol. The Hall–Kier alpha value is -2.28. The third kappa shape index (κ3) is 3.79. The minimum atomic E-state index is -0.340. The molecule has 1 aliphatic heterocycles. The molecular formula is C17H20N4O2S. The van der Waals surface area contributed by atoms with Crippen molar-refractivity contribution in [1.82, 2.24) is 14.9 Å². The molecule has 3 heterocycles. The van der Waals surface area contributed by atoms with Crippen molar-refractivity contribution in [2.24, 2.45) is 5.92 Å². The van der Waals surface area contributed by atoms with E-state index in [1.165, 1.54) is 11.3 Å². The summed E-state index contributed by atoms with van der Waals surface area (Å²) in [4.78, 5) is 34.9. The van der Waals surface area contributed by atoms with E-state index in [1.807, 2.05) is 23.6 Å². The van der Waals surface area contributed by atoms with Gasteiger partial charge >= 0.3 is 0 Å². The van der Waals surface area contributed by atoms with Gasteiger partial charge in [-0.15, -0.1) is 11.3 Å². The van der Waals surface area contributed by atoms with Gasteiger partial charge in [-0.1, -0.05) is 19.9 Å². The van der Waals surface area contributed by atoms with Crippen LogP contribution in [-0.2, 0) is 16.1 Å². The lowest BCUT2D eigenvalue weighted by Crippen LogP contribution is -2.28. The minimum Gasteiger partial charge on any atom is -0.336 e. The van der Waals surface area contributed by atoms with E-state index in [4.69, 9.17) is 0 Å². The summed E-state index contributed by atoms with van der Waals surface area (Å²) in [6, 6.07) is 5.61. The molecule has 1 aliphatic rings. The molecule has 0 radical (unpaired) electrons. The Bertz CT molecular complexity index is 729. The van der Waals surface area contributed by atoms with Crippen LogP contribution in [0.4, 0.5) is 5.13 Å². The zero-order chi connectivity index (χ0) is 17.1. The van der Waals surface area contributed by atoms with Gasteiger partial charge < -0.3 is 10.2 Å². The molecule has 3 rings (SSSR count). The molecule has 1 saturated heterocycles.